The Bertz CT molecular complexity index is 2420. The molecule has 1 aromatic heterocycles. The summed E-state index contributed by atoms with van der Waals surface area (Å²) < 4.78 is 2.25. The van der Waals surface area contributed by atoms with Crippen LogP contribution in [-0.4, -0.2) is 9.55 Å². The molecule has 9 rings (SSSR count). The molecule has 0 saturated carbocycles. The molecule has 0 atom stereocenters. The van der Waals surface area contributed by atoms with Crippen LogP contribution in [0.3, 0.4) is 0 Å². The van der Waals surface area contributed by atoms with Gasteiger partial charge in [0.25, 0.3) is 0 Å². The van der Waals surface area contributed by atoms with Crippen molar-refractivity contribution in [2.75, 3.05) is 0 Å². The van der Waals surface area contributed by atoms with Gasteiger partial charge in [-0.15, -0.1) is 0 Å². The predicted octanol–water partition coefficient (Wildman–Crippen LogP) is 10.8. The minimum atomic E-state index is -0.153. The van der Waals surface area contributed by atoms with Gasteiger partial charge in [0.2, 0.25) is 0 Å². The number of hydrogen-bond acceptors (Lipinski definition) is 1. The van der Waals surface area contributed by atoms with E-state index in [4.69, 9.17) is 4.98 Å². The summed E-state index contributed by atoms with van der Waals surface area (Å²) in [5.74, 6) is 0.996. The zero-order chi connectivity index (χ0) is 28.9. The van der Waals surface area contributed by atoms with E-state index in [0.29, 0.717) is 0 Å². The maximum absolute atomic E-state index is 4.79. The first-order valence-corrected chi connectivity index (χ1v) is 15.1. The van der Waals surface area contributed by atoms with E-state index in [0.717, 1.165) is 22.5 Å². The van der Waals surface area contributed by atoms with Gasteiger partial charge in [-0.1, -0.05) is 111 Å². The third kappa shape index (κ3) is 3.26. The molecule has 8 aromatic rings. The number of fused-ring (bicyclic) bond motifs is 11. The Labute approximate surface area is 250 Å². The zero-order valence-corrected chi connectivity index (χ0v) is 24.5. The highest BCUT2D eigenvalue weighted by molar-refractivity contribution is 6.22. The second kappa shape index (κ2) is 8.65. The molecule has 0 amide bonds. The Morgan fingerprint density at radius 1 is 0.558 bits per heavy atom. The number of imidazole rings is 1. The van der Waals surface area contributed by atoms with Crippen LogP contribution in [0.5, 0.6) is 0 Å². The van der Waals surface area contributed by atoms with Crippen molar-refractivity contribution in [3.8, 4) is 27.9 Å². The largest absolute Gasteiger partial charge is 0.297 e. The van der Waals surface area contributed by atoms with E-state index in [1.165, 1.54) is 65.7 Å². The van der Waals surface area contributed by atoms with E-state index in [-0.39, 0.29) is 5.41 Å². The quantitative estimate of drug-likeness (QED) is 0.196. The molecule has 1 aliphatic carbocycles. The Hall–Kier alpha value is -5.21. The van der Waals surface area contributed by atoms with Crippen molar-refractivity contribution in [2.24, 2.45) is 0 Å². The molecule has 1 aliphatic rings. The Morgan fingerprint density at radius 2 is 1.12 bits per heavy atom. The summed E-state index contributed by atoms with van der Waals surface area (Å²) in [6.07, 6.45) is 0. The number of para-hydroxylation sites is 2. The van der Waals surface area contributed by atoms with Crippen molar-refractivity contribution in [1.29, 1.82) is 0 Å². The Kier molecular flexibility index (Phi) is 4.91. The predicted molar refractivity (Wildman–Crippen MR) is 181 cm³/mol. The SMILES string of the molecule is Cc1nc2ccccc2n1-c1ccc(-c2cc3c(c4ccccc24)-c2c(c4ccccc4c4ccccc24)C3(C)C)cc1. The highest BCUT2D eigenvalue weighted by Gasteiger charge is 2.40. The Morgan fingerprint density at radius 3 is 1.84 bits per heavy atom. The molecule has 2 heteroatoms. The first-order valence-electron chi connectivity index (χ1n) is 15.1. The average molecular weight is 551 g/mol. The molecule has 0 radical (unpaired) electrons. The molecule has 0 bridgehead atoms. The summed E-state index contributed by atoms with van der Waals surface area (Å²) in [4.78, 5) is 4.79. The van der Waals surface area contributed by atoms with Gasteiger partial charge in [-0.2, -0.15) is 0 Å². The smallest absolute Gasteiger partial charge is 0.111 e. The van der Waals surface area contributed by atoms with Crippen molar-refractivity contribution < 1.29 is 0 Å². The molecule has 2 nitrogen and oxygen atoms in total. The van der Waals surface area contributed by atoms with E-state index in [1.54, 1.807) is 0 Å². The number of aromatic nitrogens is 2. The summed E-state index contributed by atoms with van der Waals surface area (Å²) in [6, 6.07) is 46.7. The summed E-state index contributed by atoms with van der Waals surface area (Å²) in [5.41, 5.74) is 11.3. The maximum Gasteiger partial charge on any atom is 0.111 e. The molecule has 204 valence electrons. The van der Waals surface area contributed by atoms with Crippen LogP contribution in [0.15, 0.2) is 127 Å². The van der Waals surface area contributed by atoms with E-state index in [9.17, 15) is 0 Å². The summed E-state index contributed by atoms with van der Waals surface area (Å²) >= 11 is 0. The lowest BCUT2D eigenvalue weighted by atomic mass is 9.78. The van der Waals surface area contributed by atoms with Gasteiger partial charge in [-0.3, -0.25) is 4.57 Å². The highest BCUT2D eigenvalue weighted by atomic mass is 15.1. The minimum Gasteiger partial charge on any atom is -0.297 e. The number of rotatable bonds is 2. The van der Waals surface area contributed by atoms with Gasteiger partial charge < -0.3 is 0 Å². The van der Waals surface area contributed by atoms with Gasteiger partial charge in [0.15, 0.2) is 0 Å². The van der Waals surface area contributed by atoms with Gasteiger partial charge in [-0.05, 0) is 103 Å². The number of hydrogen-bond donors (Lipinski definition) is 0. The van der Waals surface area contributed by atoms with Crippen molar-refractivity contribution in [1.82, 2.24) is 9.55 Å². The second-order valence-corrected chi connectivity index (χ2v) is 12.4. The van der Waals surface area contributed by atoms with Crippen LogP contribution in [0.2, 0.25) is 0 Å². The Balaban J connectivity index is 1.31. The van der Waals surface area contributed by atoms with Crippen molar-refractivity contribution >= 4 is 43.4 Å². The summed E-state index contributed by atoms with van der Waals surface area (Å²) in [5, 5.41) is 7.97. The lowest BCUT2D eigenvalue weighted by molar-refractivity contribution is 0.667. The summed E-state index contributed by atoms with van der Waals surface area (Å²) in [6.45, 7) is 6.90. The fourth-order valence-corrected chi connectivity index (χ4v) is 7.82. The molecule has 0 aliphatic heterocycles. The third-order valence-corrected chi connectivity index (χ3v) is 9.69. The van der Waals surface area contributed by atoms with Gasteiger partial charge in [0.1, 0.15) is 5.82 Å². The number of aryl methyl sites for hydroxylation is 1. The van der Waals surface area contributed by atoms with Crippen molar-refractivity contribution in [3.63, 3.8) is 0 Å². The maximum atomic E-state index is 4.79. The molecule has 0 spiro atoms. The van der Waals surface area contributed by atoms with Crippen LogP contribution in [0.1, 0.15) is 30.8 Å². The van der Waals surface area contributed by atoms with Crippen LogP contribution < -0.4 is 0 Å². The van der Waals surface area contributed by atoms with Gasteiger partial charge in [0.05, 0.1) is 11.0 Å². The molecule has 0 N–H and O–H groups in total. The first kappa shape index (κ1) is 24.4. The molecular formula is C41H30N2. The standard InChI is InChI=1S/C41H30N2/c1-25-42-36-18-10-11-19-37(36)43(25)27-22-20-26(21-23-27)34-24-35-38(31-15-7-5-14-30(31)34)39-32-16-8-4-12-28(32)29-13-6-9-17-33(29)40(39)41(35,2)3/h4-24H,1-3H3. The number of nitrogens with zero attached hydrogens (tertiary/aromatic N) is 2. The lowest BCUT2D eigenvalue weighted by Gasteiger charge is -2.25. The van der Waals surface area contributed by atoms with E-state index < -0.39 is 0 Å². The topological polar surface area (TPSA) is 17.8 Å². The molecule has 1 heterocycles. The van der Waals surface area contributed by atoms with Gasteiger partial charge >= 0.3 is 0 Å². The first-order chi connectivity index (χ1) is 21.0. The monoisotopic (exact) mass is 550 g/mol. The minimum absolute atomic E-state index is 0.153. The van der Waals surface area contributed by atoms with E-state index in [2.05, 4.69) is 147 Å². The average Bonchev–Trinajstić information content (AvgIpc) is 3.51. The van der Waals surface area contributed by atoms with E-state index in [1.807, 2.05) is 6.07 Å². The third-order valence-electron chi connectivity index (χ3n) is 9.69. The van der Waals surface area contributed by atoms with E-state index >= 15 is 0 Å². The van der Waals surface area contributed by atoms with Crippen molar-refractivity contribution in [2.45, 2.75) is 26.2 Å². The van der Waals surface area contributed by atoms with Crippen LogP contribution >= 0.6 is 0 Å². The second-order valence-electron chi connectivity index (χ2n) is 12.4. The fourth-order valence-electron chi connectivity index (χ4n) is 7.82. The zero-order valence-electron chi connectivity index (χ0n) is 24.5. The van der Waals surface area contributed by atoms with Crippen molar-refractivity contribution in [3.05, 3.63) is 144 Å². The molecule has 0 fully saturated rings. The molecule has 7 aromatic carbocycles. The molecular weight excluding hydrogens is 520 g/mol. The van der Waals surface area contributed by atoms with Gasteiger partial charge in [0, 0.05) is 11.1 Å². The molecule has 43 heavy (non-hydrogen) atoms. The van der Waals surface area contributed by atoms with Crippen LogP contribution in [0.25, 0.3) is 71.3 Å². The lowest BCUT2D eigenvalue weighted by Crippen LogP contribution is -2.16. The van der Waals surface area contributed by atoms with Crippen LogP contribution in [0.4, 0.5) is 0 Å². The number of benzene rings is 7. The molecule has 0 unspecified atom stereocenters. The summed E-state index contributed by atoms with van der Waals surface area (Å²) in [7, 11) is 0. The fraction of sp³-hybridized carbons (Fsp3) is 0.0976. The van der Waals surface area contributed by atoms with Crippen LogP contribution in [-0.2, 0) is 5.41 Å². The van der Waals surface area contributed by atoms with Gasteiger partial charge in [-0.25, -0.2) is 4.98 Å². The normalized spacial score (nSPS) is 13.7. The van der Waals surface area contributed by atoms with Crippen LogP contribution in [0, 0.1) is 6.92 Å². The molecule has 0 saturated heterocycles. The highest BCUT2D eigenvalue weighted by Crippen LogP contribution is 2.57.